The Bertz CT molecular complexity index is 1850. The molecule has 330 valence electrons. The molecule has 13 heteroatoms. The summed E-state index contributed by atoms with van der Waals surface area (Å²) in [7, 11) is -4.51. The van der Waals surface area contributed by atoms with Crippen molar-refractivity contribution in [2.24, 2.45) is 0 Å². The monoisotopic (exact) mass is 858 g/mol. The Morgan fingerprint density at radius 3 is 2.08 bits per heavy atom. The maximum absolute atomic E-state index is 13.6. The van der Waals surface area contributed by atoms with Crippen molar-refractivity contribution in [1.82, 2.24) is 9.55 Å². The summed E-state index contributed by atoms with van der Waals surface area (Å²) in [6, 6.07) is 6.96. The number of carbonyl (C=O) groups is 1. The molecule has 3 aromatic rings. The predicted octanol–water partition coefficient (Wildman–Crippen LogP) is 12.4. The van der Waals surface area contributed by atoms with Crippen LogP contribution in [0.3, 0.4) is 0 Å². The molecule has 11 nitrogen and oxygen atoms in total. The summed E-state index contributed by atoms with van der Waals surface area (Å²) < 4.78 is 37.3. The van der Waals surface area contributed by atoms with Crippen molar-refractivity contribution in [3.63, 3.8) is 0 Å². The van der Waals surface area contributed by atoms with E-state index in [1.165, 1.54) is 96.3 Å². The number of benzene rings is 1. The molecule has 2 atom stereocenters. The molecule has 4 rings (SSSR count). The largest absolute Gasteiger partial charge is 0.527 e. The average molecular weight is 859 g/mol. The number of unbranched alkanes of at least 4 members (excludes halogenated alkanes) is 16. The van der Waals surface area contributed by atoms with Gasteiger partial charge in [0.1, 0.15) is 12.4 Å². The number of carboxylic acid groups (broad SMARTS) is 1. The van der Waals surface area contributed by atoms with E-state index in [2.05, 4.69) is 13.8 Å². The van der Waals surface area contributed by atoms with E-state index in [0.29, 0.717) is 53.2 Å². The lowest BCUT2D eigenvalue weighted by atomic mass is 9.98. The van der Waals surface area contributed by atoms with Gasteiger partial charge < -0.3 is 23.7 Å². The van der Waals surface area contributed by atoms with Gasteiger partial charge in [-0.1, -0.05) is 130 Å². The van der Waals surface area contributed by atoms with Gasteiger partial charge in [0.05, 0.1) is 41.7 Å². The summed E-state index contributed by atoms with van der Waals surface area (Å²) >= 11 is 1.82. The summed E-state index contributed by atoms with van der Waals surface area (Å²) in [4.78, 5) is 40.6. The van der Waals surface area contributed by atoms with Gasteiger partial charge in [-0.25, -0.2) is 14.3 Å². The number of aryl methyl sites for hydroxylation is 2. The highest BCUT2D eigenvalue weighted by Crippen LogP contribution is 2.45. The van der Waals surface area contributed by atoms with E-state index in [9.17, 15) is 19.0 Å². The number of ether oxygens (including phenoxy) is 2. The minimum absolute atomic E-state index is 0.0507. The fourth-order valence-electron chi connectivity index (χ4n) is 7.92. The summed E-state index contributed by atoms with van der Waals surface area (Å²) in [5.74, 6) is 1.89. The number of hydrogen-bond donors (Lipinski definition) is 2. The average Bonchev–Trinajstić information content (AvgIpc) is 3.58. The third-order valence-electron chi connectivity index (χ3n) is 11.2. The van der Waals surface area contributed by atoms with E-state index in [-0.39, 0.29) is 37.2 Å². The quantitative estimate of drug-likeness (QED) is 0.0275. The molecule has 0 bridgehead atoms. The fraction of sp³-hybridized carbons (Fsp3) is 0.674. The number of nitrogens with zero attached hydrogens (tertiary/aromatic N) is 2. The van der Waals surface area contributed by atoms with Gasteiger partial charge >= 0.3 is 14.0 Å². The lowest BCUT2D eigenvalue weighted by Crippen LogP contribution is -2.26. The van der Waals surface area contributed by atoms with Gasteiger partial charge in [-0.05, 0) is 66.8 Å². The van der Waals surface area contributed by atoms with Crippen LogP contribution < -0.4 is 10.1 Å². The van der Waals surface area contributed by atoms with Gasteiger partial charge in [-0.15, -0.1) is 0 Å². The number of pyridine rings is 2. The molecule has 2 N–H and O–H groups in total. The smallest absolute Gasteiger partial charge is 0.450 e. The number of aromatic nitrogens is 2. The topological polar surface area (TPSA) is 146 Å². The first-order valence-electron chi connectivity index (χ1n) is 22.6. The SMILES string of the molecule is CCCCCCCCCCCCSCC(COP(=O)(O)Oc1ccc2nc3c(c(CC)c2c1)Cn1c-3cc(CC)c(COC(=O)O)c1=O)OCCCCCCCCCC. The Kier molecular flexibility index (Phi) is 21.9. The van der Waals surface area contributed by atoms with Gasteiger partial charge in [-0.2, -0.15) is 11.8 Å². The molecule has 0 saturated carbocycles. The van der Waals surface area contributed by atoms with Crippen molar-refractivity contribution in [3.8, 4) is 17.1 Å². The van der Waals surface area contributed by atoms with Gasteiger partial charge in [0.2, 0.25) is 0 Å². The molecule has 0 fully saturated rings. The van der Waals surface area contributed by atoms with E-state index in [0.717, 1.165) is 41.5 Å². The Morgan fingerprint density at radius 2 is 1.47 bits per heavy atom. The Hall–Kier alpha value is -2.89. The molecule has 3 heterocycles. The molecule has 59 heavy (non-hydrogen) atoms. The first kappa shape index (κ1) is 48.8. The summed E-state index contributed by atoms with van der Waals surface area (Å²) in [6.45, 7) is 8.90. The minimum Gasteiger partial charge on any atom is -0.450 e. The lowest BCUT2D eigenvalue weighted by Gasteiger charge is -2.20. The highest BCUT2D eigenvalue weighted by molar-refractivity contribution is 7.99. The summed E-state index contributed by atoms with van der Waals surface area (Å²) in [5, 5.41) is 9.82. The maximum atomic E-state index is 13.6. The van der Waals surface area contributed by atoms with E-state index < -0.39 is 14.0 Å². The van der Waals surface area contributed by atoms with Crippen LogP contribution in [0.5, 0.6) is 5.75 Å². The van der Waals surface area contributed by atoms with Crippen molar-refractivity contribution in [2.75, 3.05) is 24.7 Å². The Balaban J connectivity index is 1.36. The van der Waals surface area contributed by atoms with Crippen LogP contribution in [0.15, 0.2) is 29.1 Å². The molecule has 1 aliphatic heterocycles. The second-order valence-electron chi connectivity index (χ2n) is 15.9. The maximum Gasteiger partial charge on any atom is 0.527 e. The van der Waals surface area contributed by atoms with Crippen molar-refractivity contribution >= 4 is 36.6 Å². The zero-order valence-corrected chi connectivity index (χ0v) is 38.0. The molecule has 0 saturated heterocycles. The van der Waals surface area contributed by atoms with Crippen molar-refractivity contribution < 1.29 is 37.9 Å². The number of hydrogen-bond acceptors (Lipinski definition) is 9. The molecule has 2 aromatic heterocycles. The minimum atomic E-state index is -4.51. The predicted molar refractivity (Wildman–Crippen MR) is 240 cm³/mol. The lowest BCUT2D eigenvalue weighted by molar-refractivity contribution is 0.0252. The van der Waals surface area contributed by atoms with E-state index in [1.807, 2.05) is 31.7 Å². The third-order valence-corrected chi connectivity index (χ3v) is 13.3. The molecule has 0 amide bonds. The standard InChI is InChI=1S/C46H71N2O9PS/c1-5-9-11-13-15-17-18-20-22-24-28-59-34-37(54-27-23-21-19-16-14-12-10-6-2)32-56-58(52,53)57-36-25-26-42-39(30-36)38(8-4)40-31-48-43(44(40)47-42)29-35(7-3)41(45(48)49)33-55-46(50)51/h25-26,29-30,37H,5-24,27-28,31-34H2,1-4H3,(H,50,51)(H,52,53). The van der Waals surface area contributed by atoms with Crippen LogP contribution in [0.1, 0.15) is 166 Å². The van der Waals surface area contributed by atoms with Crippen LogP contribution in [0.25, 0.3) is 22.3 Å². The molecular weight excluding hydrogens is 788 g/mol. The molecule has 1 aliphatic rings. The number of rotatable bonds is 32. The highest BCUT2D eigenvalue weighted by atomic mass is 32.2. The van der Waals surface area contributed by atoms with E-state index in [1.54, 1.807) is 22.8 Å². The van der Waals surface area contributed by atoms with Crippen molar-refractivity contribution in [3.05, 3.63) is 56.9 Å². The number of fused-ring (bicyclic) bond motifs is 4. The normalized spacial score (nSPS) is 13.6. The molecule has 0 spiro atoms. The molecular formula is C46H71N2O9PS. The van der Waals surface area contributed by atoms with Crippen LogP contribution >= 0.6 is 19.6 Å². The number of phosphoric acid groups is 1. The van der Waals surface area contributed by atoms with Gasteiger partial charge in [0.25, 0.3) is 5.56 Å². The second-order valence-corrected chi connectivity index (χ2v) is 18.4. The highest BCUT2D eigenvalue weighted by Gasteiger charge is 2.29. The van der Waals surface area contributed by atoms with Crippen LogP contribution in [0.4, 0.5) is 4.79 Å². The second kappa shape index (κ2) is 26.4. The van der Waals surface area contributed by atoms with E-state index >= 15 is 0 Å². The molecule has 2 unspecified atom stereocenters. The van der Waals surface area contributed by atoms with Gasteiger partial charge in [0, 0.05) is 23.3 Å². The molecule has 0 radical (unpaired) electrons. The Morgan fingerprint density at radius 1 is 0.847 bits per heavy atom. The molecule has 1 aromatic carbocycles. The van der Waals surface area contributed by atoms with Crippen LogP contribution in [-0.4, -0.2) is 56.5 Å². The zero-order chi connectivity index (χ0) is 42.5. The Labute approximate surface area is 357 Å². The van der Waals surface area contributed by atoms with Crippen molar-refractivity contribution in [1.29, 1.82) is 0 Å². The van der Waals surface area contributed by atoms with Gasteiger partial charge in [0.15, 0.2) is 0 Å². The number of thioether (sulfide) groups is 1. The van der Waals surface area contributed by atoms with Crippen LogP contribution in [0, 0.1) is 0 Å². The number of phosphoric ester groups is 1. The third kappa shape index (κ3) is 15.8. The van der Waals surface area contributed by atoms with Crippen molar-refractivity contribution in [2.45, 2.75) is 175 Å². The van der Waals surface area contributed by atoms with Crippen LogP contribution in [0.2, 0.25) is 0 Å². The summed E-state index contributed by atoms with van der Waals surface area (Å²) in [5.41, 5.74) is 4.58. The van der Waals surface area contributed by atoms with E-state index in [4.69, 9.17) is 28.6 Å². The van der Waals surface area contributed by atoms with Crippen LogP contribution in [-0.2, 0) is 44.6 Å². The van der Waals surface area contributed by atoms with Gasteiger partial charge in [-0.3, -0.25) is 14.2 Å². The zero-order valence-electron chi connectivity index (χ0n) is 36.3. The first-order valence-corrected chi connectivity index (χ1v) is 25.2. The summed E-state index contributed by atoms with van der Waals surface area (Å²) in [6.07, 6.45) is 22.0. The molecule has 0 aliphatic carbocycles. The fourth-order valence-corrected chi connectivity index (χ4v) is 9.74. The first-order chi connectivity index (χ1) is 28.6.